The van der Waals surface area contributed by atoms with Crippen LogP contribution in [0.5, 0.6) is 0 Å². The minimum atomic E-state index is -0.833. The van der Waals surface area contributed by atoms with Crippen molar-refractivity contribution in [1.82, 2.24) is 0 Å². The predicted molar refractivity (Wildman–Crippen MR) is 41.9 cm³/mol. The molecule has 0 aliphatic carbocycles. The van der Waals surface area contributed by atoms with Gasteiger partial charge in [-0.25, -0.2) is 0 Å². The highest BCUT2D eigenvalue weighted by Gasteiger charge is 1.75. The van der Waals surface area contributed by atoms with Gasteiger partial charge in [-0.2, -0.15) is 0 Å². The number of carbonyl (C=O) groups is 1. The van der Waals surface area contributed by atoms with Crippen molar-refractivity contribution in [2.24, 2.45) is 5.73 Å². The molecule has 0 aromatic heterocycles. The molecule has 0 bridgehead atoms. The second kappa shape index (κ2) is 11.3. The van der Waals surface area contributed by atoms with Crippen molar-refractivity contribution in [3.05, 3.63) is 0 Å². The molecule has 0 aliphatic rings. The van der Waals surface area contributed by atoms with Gasteiger partial charge in [-0.15, -0.1) is 0 Å². The van der Waals surface area contributed by atoms with Crippen LogP contribution < -0.4 is 5.73 Å². The molecule has 0 aromatic carbocycles. The third-order valence-corrected chi connectivity index (χ3v) is 0.808. The normalized spacial score (nSPS) is 7.90. The number of rotatable bonds is 3. The molecule has 62 valence electrons. The molecule has 0 fully saturated rings. The smallest absolute Gasteiger partial charge is 0.300 e. The summed E-state index contributed by atoms with van der Waals surface area (Å²) in [5.41, 5.74) is 5.21. The summed E-state index contributed by atoms with van der Waals surface area (Å²) in [6.07, 6.45) is 3.75. The van der Waals surface area contributed by atoms with Gasteiger partial charge >= 0.3 is 0 Å². The van der Waals surface area contributed by atoms with Crippen molar-refractivity contribution in [2.75, 3.05) is 6.54 Å². The standard InChI is InChI=1S/C5H13N.C2H4O2/c1-2-3-4-5-6;1-2(3)4/h2-6H2,1H3;1H3,(H,3,4). The topological polar surface area (TPSA) is 63.3 Å². The SMILES string of the molecule is CC(=O)O.CCCCCN. The summed E-state index contributed by atoms with van der Waals surface area (Å²) in [4.78, 5) is 9.00. The zero-order valence-electron chi connectivity index (χ0n) is 6.76. The maximum atomic E-state index is 9.00. The van der Waals surface area contributed by atoms with Crippen molar-refractivity contribution in [2.45, 2.75) is 33.1 Å². The molecule has 0 saturated heterocycles. The summed E-state index contributed by atoms with van der Waals surface area (Å²) in [6.45, 7) is 4.11. The highest BCUT2D eigenvalue weighted by Crippen LogP contribution is 1.88. The Morgan fingerprint density at radius 2 is 1.90 bits per heavy atom. The van der Waals surface area contributed by atoms with E-state index < -0.39 is 5.97 Å². The van der Waals surface area contributed by atoms with E-state index in [2.05, 4.69) is 6.92 Å². The molecule has 0 unspecified atom stereocenters. The van der Waals surface area contributed by atoms with Gasteiger partial charge in [-0.3, -0.25) is 4.79 Å². The lowest BCUT2D eigenvalue weighted by atomic mass is 10.3. The maximum absolute atomic E-state index is 9.00. The van der Waals surface area contributed by atoms with Gasteiger partial charge in [-0.1, -0.05) is 19.8 Å². The van der Waals surface area contributed by atoms with Crippen LogP contribution in [0.1, 0.15) is 33.1 Å². The van der Waals surface area contributed by atoms with Crippen molar-refractivity contribution in [1.29, 1.82) is 0 Å². The fourth-order valence-electron chi connectivity index (χ4n) is 0.394. The Morgan fingerprint density at radius 1 is 1.50 bits per heavy atom. The first-order chi connectivity index (χ1) is 4.65. The summed E-state index contributed by atoms with van der Waals surface area (Å²) in [6, 6.07) is 0. The van der Waals surface area contributed by atoms with Gasteiger partial charge in [0.2, 0.25) is 0 Å². The molecule has 0 aromatic rings. The molecule has 3 heteroatoms. The Kier molecular flexibility index (Phi) is 13.7. The van der Waals surface area contributed by atoms with E-state index in [-0.39, 0.29) is 0 Å². The van der Waals surface area contributed by atoms with Crippen LogP contribution >= 0.6 is 0 Å². The summed E-state index contributed by atoms with van der Waals surface area (Å²) in [5.74, 6) is -0.833. The number of hydrogen-bond acceptors (Lipinski definition) is 2. The van der Waals surface area contributed by atoms with E-state index in [1.807, 2.05) is 0 Å². The average molecular weight is 147 g/mol. The molecular formula is C7H17NO2. The second-order valence-corrected chi connectivity index (χ2v) is 2.01. The first-order valence-corrected chi connectivity index (χ1v) is 3.54. The molecular weight excluding hydrogens is 130 g/mol. The number of carboxylic acids is 1. The minimum Gasteiger partial charge on any atom is -0.481 e. The monoisotopic (exact) mass is 147 g/mol. The molecule has 0 atom stereocenters. The third kappa shape index (κ3) is 52.0. The predicted octanol–water partition coefficient (Wildman–Crippen LogP) is 1.23. The first kappa shape index (κ1) is 12.1. The molecule has 0 rings (SSSR count). The average Bonchev–Trinajstić information content (AvgIpc) is 1.82. The molecule has 3 N–H and O–H groups in total. The van der Waals surface area contributed by atoms with Crippen LogP contribution in [0, 0.1) is 0 Å². The molecule has 0 saturated carbocycles. The van der Waals surface area contributed by atoms with E-state index in [9.17, 15) is 0 Å². The Balaban J connectivity index is 0. The second-order valence-electron chi connectivity index (χ2n) is 2.01. The maximum Gasteiger partial charge on any atom is 0.300 e. The van der Waals surface area contributed by atoms with Crippen LogP contribution in [-0.4, -0.2) is 17.6 Å². The van der Waals surface area contributed by atoms with Gasteiger partial charge in [0.1, 0.15) is 0 Å². The molecule has 0 spiro atoms. The van der Waals surface area contributed by atoms with Gasteiger partial charge in [0.15, 0.2) is 0 Å². The lowest BCUT2D eigenvalue weighted by Gasteiger charge is -1.86. The summed E-state index contributed by atoms with van der Waals surface area (Å²) >= 11 is 0. The zero-order chi connectivity index (χ0) is 8.41. The van der Waals surface area contributed by atoms with Gasteiger partial charge in [0.05, 0.1) is 0 Å². The summed E-state index contributed by atoms with van der Waals surface area (Å²) < 4.78 is 0. The Morgan fingerprint density at radius 3 is 2.00 bits per heavy atom. The van der Waals surface area contributed by atoms with E-state index in [1.54, 1.807) is 0 Å². The molecule has 0 aliphatic heterocycles. The van der Waals surface area contributed by atoms with Crippen molar-refractivity contribution in [3.8, 4) is 0 Å². The van der Waals surface area contributed by atoms with Crippen molar-refractivity contribution < 1.29 is 9.90 Å². The largest absolute Gasteiger partial charge is 0.481 e. The fraction of sp³-hybridized carbons (Fsp3) is 0.857. The Bertz CT molecular complexity index is 66.0. The van der Waals surface area contributed by atoms with Crippen LogP contribution in [-0.2, 0) is 4.79 Å². The van der Waals surface area contributed by atoms with Gasteiger partial charge in [-0.05, 0) is 13.0 Å². The fourth-order valence-corrected chi connectivity index (χ4v) is 0.394. The number of carboxylic acid groups (broad SMARTS) is 1. The molecule has 0 radical (unpaired) electrons. The number of hydrogen-bond donors (Lipinski definition) is 2. The molecule has 3 nitrogen and oxygen atoms in total. The van der Waals surface area contributed by atoms with Gasteiger partial charge in [0.25, 0.3) is 5.97 Å². The highest BCUT2D eigenvalue weighted by molar-refractivity contribution is 5.62. The van der Waals surface area contributed by atoms with Crippen molar-refractivity contribution in [3.63, 3.8) is 0 Å². The van der Waals surface area contributed by atoms with E-state index in [1.165, 1.54) is 19.3 Å². The van der Waals surface area contributed by atoms with E-state index in [4.69, 9.17) is 15.6 Å². The van der Waals surface area contributed by atoms with Crippen LogP contribution in [0.2, 0.25) is 0 Å². The first-order valence-electron chi connectivity index (χ1n) is 3.54. The number of aliphatic carboxylic acids is 1. The lowest BCUT2D eigenvalue weighted by Crippen LogP contribution is -1.96. The van der Waals surface area contributed by atoms with Gasteiger partial charge in [0, 0.05) is 6.92 Å². The number of nitrogens with two attached hydrogens (primary N) is 1. The molecule has 0 amide bonds. The molecule has 10 heavy (non-hydrogen) atoms. The van der Waals surface area contributed by atoms with Crippen LogP contribution in [0.25, 0.3) is 0 Å². The Labute approximate surface area is 62.2 Å². The van der Waals surface area contributed by atoms with Crippen LogP contribution in [0.4, 0.5) is 0 Å². The lowest BCUT2D eigenvalue weighted by molar-refractivity contribution is -0.134. The quantitative estimate of drug-likeness (QED) is 0.590. The van der Waals surface area contributed by atoms with Gasteiger partial charge < -0.3 is 10.8 Å². The summed E-state index contributed by atoms with van der Waals surface area (Å²) in [7, 11) is 0. The Hall–Kier alpha value is -0.570. The minimum absolute atomic E-state index is 0.833. The van der Waals surface area contributed by atoms with Crippen molar-refractivity contribution >= 4 is 5.97 Å². The van der Waals surface area contributed by atoms with E-state index in [0.717, 1.165) is 13.5 Å². The zero-order valence-corrected chi connectivity index (χ0v) is 6.76. The highest BCUT2D eigenvalue weighted by atomic mass is 16.4. The number of unbranched alkanes of at least 4 members (excludes halogenated alkanes) is 2. The van der Waals surface area contributed by atoms with E-state index in [0.29, 0.717) is 0 Å². The molecule has 0 heterocycles. The van der Waals surface area contributed by atoms with Crippen LogP contribution in [0.3, 0.4) is 0 Å². The van der Waals surface area contributed by atoms with Crippen LogP contribution in [0.15, 0.2) is 0 Å². The third-order valence-electron chi connectivity index (χ3n) is 0.808. The summed E-state index contributed by atoms with van der Waals surface area (Å²) in [5, 5.41) is 7.42. The van der Waals surface area contributed by atoms with E-state index >= 15 is 0 Å².